The topological polar surface area (TPSA) is 65.0 Å². The zero-order valence-corrected chi connectivity index (χ0v) is 17.8. The molecule has 0 aromatic heterocycles. The Morgan fingerprint density at radius 3 is 2.57 bits per heavy atom. The summed E-state index contributed by atoms with van der Waals surface area (Å²) < 4.78 is 18.3. The molecule has 0 bridgehead atoms. The highest BCUT2D eigenvalue weighted by atomic mass is 16.7. The molecule has 1 aliphatic heterocycles. The second kappa shape index (κ2) is 6.60. The molecule has 1 saturated heterocycles. The van der Waals surface area contributed by atoms with Crippen molar-refractivity contribution in [1.29, 1.82) is 0 Å². The van der Waals surface area contributed by atoms with Gasteiger partial charge in [0.05, 0.1) is 17.1 Å². The molecule has 3 unspecified atom stereocenters. The van der Waals surface area contributed by atoms with Crippen molar-refractivity contribution in [2.75, 3.05) is 0 Å². The molecule has 2 aliphatic carbocycles. The van der Waals surface area contributed by atoms with Gasteiger partial charge < -0.3 is 19.2 Å². The van der Waals surface area contributed by atoms with Crippen LogP contribution in [0.2, 0.25) is 0 Å². The highest BCUT2D eigenvalue weighted by molar-refractivity contribution is 6.62. The van der Waals surface area contributed by atoms with Crippen molar-refractivity contribution in [2.45, 2.75) is 57.8 Å². The molecule has 2 fully saturated rings. The van der Waals surface area contributed by atoms with Crippen LogP contribution in [0.25, 0.3) is 0 Å². The van der Waals surface area contributed by atoms with E-state index in [1.165, 1.54) is 11.1 Å². The minimum absolute atomic E-state index is 0.193. The summed E-state index contributed by atoms with van der Waals surface area (Å²) in [6, 6.07) is 14.2. The number of carboxylic acids is 1. The molecule has 2 aromatic rings. The van der Waals surface area contributed by atoms with Crippen LogP contribution in [0.1, 0.15) is 50.3 Å². The number of aliphatic carboxylic acids is 1. The van der Waals surface area contributed by atoms with E-state index in [0.29, 0.717) is 6.61 Å². The molecule has 0 amide bonds. The highest BCUT2D eigenvalue weighted by Crippen LogP contribution is 2.61. The van der Waals surface area contributed by atoms with Crippen LogP contribution in [0.3, 0.4) is 0 Å². The Balaban J connectivity index is 1.25. The molecule has 5 nitrogen and oxygen atoms in total. The second-order valence-corrected chi connectivity index (χ2v) is 9.74. The van der Waals surface area contributed by atoms with Crippen LogP contribution in [0.5, 0.6) is 5.75 Å². The molecular formula is C24H27BO5. The molecule has 1 saturated carbocycles. The first-order valence-corrected chi connectivity index (χ1v) is 10.6. The Bertz CT molecular complexity index is 998. The van der Waals surface area contributed by atoms with Crippen LogP contribution in [0.15, 0.2) is 42.5 Å². The number of rotatable bonds is 5. The molecule has 3 aliphatic rings. The van der Waals surface area contributed by atoms with Crippen molar-refractivity contribution in [3.63, 3.8) is 0 Å². The van der Waals surface area contributed by atoms with Crippen molar-refractivity contribution in [2.24, 2.45) is 11.8 Å². The average molecular weight is 406 g/mol. The summed E-state index contributed by atoms with van der Waals surface area (Å²) in [6.45, 7) is 8.66. The highest BCUT2D eigenvalue weighted by Gasteiger charge is 2.59. The Kier molecular flexibility index (Phi) is 4.32. The lowest BCUT2D eigenvalue weighted by molar-refractivity contribution is -0.139. The van der Waals surface area contributed by atoms with Gasteiger partial charge >= 0.3 is 13.1 Å². The first-order valence-electron chi connectivity index (χ1n) is 10.6. The number of carboxylic acid groups (broad SMARTS) is 1. The van der Waals surface area contributed by atoms with Gasteiger partial charge in [0, 0.05) is 5.92 Å². The summed E-state index contributed by atoms with van der Waals surface area (Å²) in [7, 11) is -0.385. The fraction of sp³-hybridized carbons (Fsp3) is 0.458. The van der Waals surface area contributed by atoms with E-state index in [9.17, 15) is 9.90 Å². The monoisotopic (exact) mass is 406 g/mol. The summed E-state index contributed by atoms with van der Waals surface area (Å²) in [4.78, 5) is 11.3. The van der Waals surface area contributed by atoms with E-state index in [0.717, 1.165) is 23.2 Å². The zero-order valence-electron chi connectivity index (χ0n) is 17.8. The van der Waals surface area contributed by atoms with Crippen molar-refractivity contribution < 1.29 is 23.9 Å². The zero-order chi connectivity index (χ0) is 21.3. The molecule has 1 heterocycles. The number of ether oxygens (including phenoxy) is 1. The number of hydrogen-bond donors (Lipinski definition) is 1. The quantitative estimate of drug-likeness (QED) is 0.770. The van der Waals surface area contributed by atoms with Crippen molar-refractivity contribution in [3.8, 4) is 5.75 Å². The van der Waals surface area contributed by atoms with Crippen LogP contribution in [-0.2, 0) is 27.1 Å². The maximum atomic E-state index is 11.3. The lowest BCUT2D eigenvalue weighted by atomic mass is 9.78. The van der Waals surface area contributed by atoms with Gasteiger partial charge in [-0.15, -0.1) is 0 Å². The van der Waals surface area contributed by atoms with E-state index < -0.39 is 5.97 Å². The number of benzene rings is 2. The first kappa shape index (κ1) is 19.6. The van der Waals surface area contributed by atoms with Gasteiger partial charge in [0.1, 0.15) is 12.4 Å². The van der Waals surface area contributed by atoms with E-state index in [-0.39, 0.29) is 36.1 Å². The van der Waals surface area contributed by atoms with Gasteiger partial charge in [-0.1, -0.05) is 30.3 Å². The molecule has 156 valence electrons. The Hall–Kier alpha value is -2.31. The van der Waals surface area contributed by atoms with Crippen LogP contribution in [-0.4, -0.2) is 29.4 Å². The molecule has 6 heteroatoms. The standard InChI is InChI=1S/C24H27BO5/c1-23(2)24(3,4)30-25(29-23)16-7-5-6-14(10-16)13-28-17-8-9-18-15(11-17)12-19-20(18)21(19)22(26)27/h5-11,19-21H,12-13H2,1-4H3,(H,26,27). The fourth-order valence-electron chi connectivity index (χ4n) is 4.79. The van der Waals surface area contributed by atoms with E-state index in [2.05, 4.69) is 39.8 Å². The summed E-state index contributed by atoms with van der Waals surface area (Å²) in [5, 5.41) is 9.27. The SMILES string of the molecule is CC1(C)OB(c2cccc(COc3ccc4c(c3)CC3C(C(=O)O)C43)c2)OC1(C)C. The smallest absolute Gasteiger partial charge is 0.489 e. The molecule has 30 heavy (non-hydrogen) atoms. The van der Waals surface area contributed by atoms with Crippen LogP contribution in [0.4, 0.5) is 0 Å². The maximum absolute atomic E-state index is 11.3. The molecule has 1 N–H and O–H groups in total. The normalized spacial score (nSPS) is 27.5. The number of hydrogen-bond acceptors (Lipinski definition) is 4. The van der Waals surface area contributed by atoms with Crippen LogP contribution >= 0.6 is 0 Å². The minimum atomic E-state index is -0.669. The molecule has 2 aromatic carbocycles. The summed E-state index contributed by atoms with van der Waals surface area (Å²) in [6.07, 6.45) is 0.839. The van der Waals surface area contributed by atoms with Gasteiger partial charge in [-0.25, -0.2) is 0 Å². The van der Waals surface area contributed by atoms with Gasteiger partial charge in [-0.05, 0) is 74.3 Å². The molecule has 0 spiro atoms. The summed E-state index contributed by atoms with van der Waals surface area (Å²) in [5.41, 5.74) is 3.72. The Morgan fingerprint density at radius 2 is 1.87 bits per heavy atom. The third-order valence-corrected chi connectivity index (χ3v) is 7.26. The maximum Gasteiger partial charge on any atom is 0.494 e. The molecule has 5 rings (SSSR count). The van der Waals surface area contributed by atoms with Gasteiger partial charge in [0.15, 0.2) is 0 Å². The van der Waals surface area contributed by atoms with Gasteiger partial charge in [-0.3, -0.25) is 4.79 Å². The van der Waals surface area contributed by atoms with Gasteiger partial charge in [0.25, 0.3) is 0 Å². The largest absolute Gasteiger partial charge is 0.494 e. The lowest BCUT2D eigenvalue weighted by Crippen LogP contribution is -2.41. The van der Waals surface area contributed by atoms with Crippen LogP contribution < -0.4 is 10.2 Å². The van der Waals surface area contributed by atoms with Gasteiger partial charge in [0.2, 0.25) is 0 Å². The Morgan fingerprint density at radius 1 is 1.13 bits per heavy atom. The van der Waals surface area contributed by atoms with Crippen molar-refractivity contribution in [3.05, 3.63) is 59.2 Å². The first-order chi connectivity index (χ1) is 14.2. The van der Waals surface area contributed by atoms with E-state index in [1.807, 2.05) is 30.3 Å². The van der Waals surface area contributed by atoms with E-state index in [4.69, 9.17) is 14.0 Å². The van der Waals surface area contributed by atoms with E-state index in [1.54, 1.807) is 0 Å². The summed E-state index contributed by atoms with van der Waals surface area (Å²) >= 11 is 0. The van der Waals surface area contributed by atoms with E-state index >= 15 is 0 Å². The Labute approximate surface area is 177 Å². The van der Waals surface area contributed by atoms with Gasteiger partial charge in [-0.2, -0.15) is 0 Å². The predicted octanol–water partition coefficient (Wildman–Crippen LogP) is 3.54. The van der Waals surface area contributed by atoms with Crippen molar-refractivity contribution >= 4 is 18.6 Å². The average Bonchev–Trinajstić information content (AvgIpc) is 3.20. The van der Waals surface area contributed by atoms with Crippen molar-refractivity contribution in [1.82, 2.24) is 0 Å². The second-order valence-electron chi connectivity index (χ2n) is 9.74. The molecule has 0 radical (unpaired) electrons. The minimum Gasteiger partial charge on any atom is -0.489 e. The molecule has 3 atom stereocenters. The third kappa shape index (κ3) is 3.14. The number of carbonyl (C=O) groups is 1. The summed E-state index contributed by atoms with van der Waals surface area (Å²) in [5.74, 6) is 0.426. The third-order valence-electron chi connectivity index (χ3n) is 7.26. The number of fused-ring (bicyclic) bond motifs is 3. The predicted molar refractivity (Wildman–Crippen MR) is 114 cm³/mol. The molecular weight excluding hydrogens is 379 g/mol. The van der Waals surface area contributed by atoms with Crippen LogP contribution in [0, 0.1) is 11.8 Å². The lowest BCUT2D eigenvalue weighted by Gasteiger charge is -2.32. The fourth-order valence-corrected chi connectivity index (χ4v) is 4.79.